The third-order valence-electron chi connectivity index (χ3n) is 2.83. The molecule has 0 unspecified atom stereocenters. The molecule has 0 saturated carbocycles. The van der Waals surface area contributed by atoms with E-state index in [4.69, 9.17) is 5.26 Å². The molecular weight excluding hydrogens is 248 g/mol. The Bertz CT molecular complexity index is 466. The Balaban J connectivity index is 3.03. The molecule has 0 aliphatic rings. The van der Waals surface area contributed by atoms with Crippen LogP contribution in [0.25, 0.3) is 0 Å². The van der Waals surface area contributed by atoms with E-state index < -0.39 is 11.6 Å². The predicted molar refractivity (Wildman–Crippen MR) is 72.1 cm³/mol. The van der Waals surface area contributed by atoms with Gasteiger partial charge in [0.25, 0.3) is 0 Å². The lowest BCUT2D eigenvalue weighted by molar-refractivity contribution is 0.411. The summed E-state index contributed by atoms with van der Waals surface area (Å²) in [6.45, 7) is 4.00. The van der Waals surface area contributed by atoms with Crippen molar-refractivity contribution in [2.75, 3.05) is 38.6 Å². The zero-order valence-corrected chi connectivity index (χ0v) is 11.6. The highest BCUT2D eigenvalue weighted by molar-refractivity contribution is 5.52. The van der Waals surface area contributed by atoms with Gasteiger partial charge < -0.3 is 9.80 Å². The molecule has 0 amide bonds. The van der Waals surface area contributed by atoms with Crippen LogP contribution in [0.4, 0.5) is 14.5 Å². The molecule has 0 bridgehead atoms. The van der Waals surface area contributed by atoms with Crippen molar-refractivity contribution in [3.05, 3.63) is 29.3 Å². The fraction of sp³-hybridized carbons (Fsp3) is 0.500. The largest absolute Gasteiger partial charge is 0.368 e. The minimum absolute atomic E-state index is 0.222. The maximum Gasteiger partial charge on any atom is 0.183 e. The highest BCUT2D eigenvalue weighted by Gasteiger charge is 2.17. The summed E-state index contributed by atoms with van der Waals surface area (Å²) < 4.78 is 27.6. The molecule has 1 aromatic rings. The first-order valence-electron chi connectivity index (χ1n) is 6.29. The van der Waals surface area contributed by atoms with Gasteiger partial charge in [-0.3, -0.25) is 0 Å². The van der Waals surface area contributed by atoms with Crippen LogP contribution in [0.15, 0.2) is 12.1 Å². The molecule has 0 spiro atoms. The van der Waals surface area contributed by atoms with Crippen LogP contribution in [0.5, 0.6) is 0 Å². The number of nitriles is 1. The lowest BCUT2D eigenvalue weighted by Crippen LogP contribution is -2.33. The molecule has 0 fully saturated rings. The van der Waals surface area contributed by atoms with Gasteiger partial charge in [-0.1, -0.05) is 6.92 Å². The van der Waals surface area contributed by atoms with Gasteiger partial charge >= 0.3 is 0 Å². The van der Waals surface area contributed by atoms with E-state index in [-0.39, 0.29) is 11.3 Å². The highest BCUT2D eigenvalue weighted by Crippen LogP contribution is 2.24. The van der Waals surface area contributed by atoms with Gasteiger partial charge in [-0.05, 0) is 32.6 Å². The van der Waals surface area contributed by atoms with Crippen molar-refractivity contribution in [1.82, 2.24) is 4.90 Å². The van der Waals surface area contributed by atoms with Gasteiger partial charge in [0.2, 0.25) is 0 Å². The molecular formula is C14H19F2N3. The summed E-state index contributed by atoms with van der Waals surface area (Å²) in [7, 11) is 3.86. The summed E-state index contributed by atoms with van der Waals surface area (Å²) in [6, 6.07) is 4.44. The molecule has 0 aromatic heterocycles. The quantitative estimate of drug-likeness (QED) is 0.793. The minimum atomic E-state index is -1.06. The van der Waals surface area contributed by atoms with Crippen LogP contribution >= 0.6 is 0 Å². The number of anilines is 1. The Morgan fingerprint density at radius 3 is 2.32 bits per heavy atom. The average Bonchev–Trinajstić information content (AvgIpc) is 2.38. The van der Waals surface area contributed by atoms with E-state index in [9.17, 15) is 8.78 Å². The maximum atomic E-state index is 14.0. The lowest BCUT2D eigenvalue weighted by Gasteiger charge is -2.26. The molecule has 0 saturated heterocycles. The number of likely N-dealkylation sites (N-methyl/N-ethyl adjacent to an activating group) is 1. The first kappa shape index (κ1) is 15.4. The van der Waals surface area contributed by atoms with E-state index in [2.05, 4.69) is 0 Å². The van der Waals surface area contributed by atoms with Crippen molar-refractivity contribution in [3.8, 4) is 6.07 Å². The molecule has 0 radical (unpaired) electrons. The Hall–Kier alpha value is -1.67. The third kappa shape index (κ3) is 3.90. The molecule has 0 atom stereocenters. The number of rotatable bonds is 6. The van der Waals surface area contributed by atoms with E-state index in [1.54, 1.807) is 11.0 Å². The van der Waals surface area contributed by atoms with Gasteiger partial charge in [0.1, 0.15) is 6.07 Å². The van der Waals surface area contributed by atoms with Crippen molar-refractivity contribution < 1.29 is 8.78 Å². The summed E-state index contributed by atoms with van der Waals surface area (Å²) in [5.41, 5.74) is -0.0366. The Kier molecular flexibility index (Phi) is 5.71. The van der Waals surface area contributed by atoms with Crippen molar-refractivity contribution in [2.24, 2.45) is 0 Å². The fourth-order valence-electron chi connectivity index (χ4n) is 1.81. The Labute approximate surface area is 113 Å². The summed E-state index contributed by atoms with van der Waals surface area (Å²) in [4.78, 5) is 3.79. The normalized spacial score (nSPS) is 10.6. The van der Waals surface area contributed by atoms with Crippen LogP contribution in [0.3, 0.4) is 0 Å². The molecule has 104 valence electrons. The molecule has 3 nitrogen and oxygen atoms in total. The topological polar surface area (TPSA) is 30.3 Å². The molecule has 19 heavy (non-hydrogen) atoms. The second-order valence-electron chi connectivity index (χ2n) is 4.66. The number of hydrogen-bond donors (Lipinski definition) is 0. The van der Waals surface area contributed by atoms with Crippen LogP contribution in [0.1, 0.15) is 18.9 Å². The van der Waals surface area contributed by atoms with E-state index >= 15 is 0 Å². The lowest BCUT2D eigenvalue weighted by atomic mass is 10.1. The zero-order valence-electron chi connectivity index (χ0n) is 11.6. The number of nitrogens with zero attached hydrogens (tertiary/aromatic N) is 3. The summed E-state index contributed by atoms with van der Waals surface area (Å²) in [5.74, 6) is -2.00. The van der Waals surface area contributed by atoms with E-state index in [1.807, 2.05) is 25.9 Å². The first-order valence-corrected chi connectivity index (χ1v) is 6.29. The fourth-order valence-corrected chi connectivity index (χ4v) is 1.81. The van der Waals surface area contributed by atoms with Gasteiger partial charge in [0.05, 0.1) is 11.3 Å². The van der Waals surface area contributed by atoms with Crippen LogP contribution in [0.2, 0.25) is 0 Å². The smallest absolute Gasteiger partial charge is 0.183 e. The van der Waals surface area contributed by atoms with Crippen molar-refractivity contribution in [3.63, 3.8) is 0 Å². The van der Waals surface area contributed by atoms with Crippen LogP contribution in [-0.2, 0) is 0 Å². The Morgan fingerprint density at radius 1 is 1.11 bits per heavy atom. The van der Waals surface area contributed by atoms with Crippen LogP contribution in [-0.4, -0.2) is 38.6 Å². The summed E-state index contributed by atoms with van der Waals surface area (Å²) >= 11 is 0. The van der Waals surface area contributed by atoms with Gasteiger partial charge in [-0.25, -0.2) is 8.78 Å². The highest BCUT2D eigenvalue weighted by atomic mass is 19.2. The molecule has 1 rings (SSSR count). The predicted octanol–water partition coefficient (Wildman–Crippen LogP) is 2.61. The summed E-state index contributed by atoms with van der Waals surface area (Å²) in [5, 5.41) is 8.67. The standard InChI is InChI=1S/C14H19F2N3/c1-4-7-19(9-8-18(2)3)12-6-5-11(10-17)13(15)14(12)16/h5-6H,4,7-9H2,1-3H3. The molecule has 0 aliphatic carbocycles. The second kappa shape index (κ2) is 7.05. The monoisotopic (exact) mass is 267 g/mol. The molecule has 0 heterocycles. The second-order valence-corrected chi connectivity index (χ2v) is 4.66. The summed E-state index contributed by atoms with van der Waals surface area (Å²) in [6.07, 6.45) is 0.842. The molecule has 0 N–H and O–H groups in total. The molecule has 1 aromatic carbocycles. The van der Waals surface area contributed by atoms with Gasteiger partial charge in [0, 0.05) is 19.6 Å². The SMILES string of the molecule is CCCN(CCN(C)C)c1ccc(C#N)c(F)c1F. The number of hydrogen-bond acceptors (Lipinski definition) is 3. The van der Waals surface area contributed by atoms with Crippen LogP contribution in [0, 0.1) is 23.0 Å². The Morgan fingerprint density at radius 2 is 1.79 bits per heavy atom. The molecule has 0 aliphatic heterocycles. The van der Waals surface area contributed by atoms with Gasteiger partial charge in [0.15, 0.2) is 11.6 Å². The van der Waals surface area contributed by atoms with Crippen LogP contribution < -0.4 is 4.90 Å². The van der Waals surface area contributed by atoms with Crippen molar-refractivity contribution in [1.29, 1.82) is 5.26 Å². The number of halogens is 2. The number of benzene rings is 1. The van der Waals surface area contributed by atoms with Crippen molar-refractivity contribution >= 4 is 5.69 Å². The first-order chi connectivity index (χ1) is 9.01. The minimum Gasteiger partial charge on any atom is -0.368 e. The maximum absolute atomic E-state index is 14.0. The van der Waals surface area contributed by atoms with E-state index in [1.165, 1.54) is 12.1 Å². The van der Waals surface area contributed by atoms with E-state index in [0.29, 0.717) is 13.1 Å². The van der Waals surface area contributed by atoms with E-state index in [0.717, 1.165) is 13.0 Å². The average molecular weight is 267 g/mol. The van der Waals surface area contributed by atoms with Crippen molar-refractivity contribution in [2.45, 2.75) is 13.3 Å². The van der Waals surface area contributed by atoms with Gasteiger partial charge in [-0.2, -0.15) is 5.26 Å². The molecule has 5 heteroatoms. The third-order valence-corrected chi connectivity index (χ3v) is 2.83. The van der Waals surface area contributed by atoms with Gasteiger partial charge in [-0.15, -0.1) is 0 Å². The zero-order chi connectivity index (χ0) is 14.4.